The number of aliphatic carboxylic acids is 2. The summed E-state index contributed by atoms with van der Waals surface area (Å²) in [5.41, 5.74) is 13.3. The van der Waals surface area contributed by atoms with Gasteiger partial charge < -0.3 is 47.6 Å². The lowest BCUT2D eigenvalue weighted by molar-refractivity contribution is -0.143. The van der Waals surface area contributed by atoms with Gasteiger partial charge in [-0.1, -0.05) is 24.6 Å². The van der Waals surface area contributed by atoms with Crippen molar-refractivity contribution < 1.29 is 34.2 Å². The van der Waals surface area contributed by atoms with Crippen LogP contribution < -0.4 is 27.4 Å². The highest BCUT2D eigenvalue weighted by atomic mass is 16.4. The average Bonchev–Trinajstić information content (AvgIpc) is 3.61. The number of benzene rings is 1. The van der Waals surface area contributed by atoms with Crippen molar-refractivity contribution in [1.29, 1.82) is 0 Å². The number of carboxylic acid groups (broad SMARTS) is 2. The number of nitrogens with zero attached hydrogens (tertiary/aromatic N) is 1. The van der Waals surface area contributed by atoms with Crippen LogP contribution in [0, 0.1) is 0 Å². The molecule has 0 saturated carbocycles. The summed E-state index contributed by atoms with van der Waals surface area (Å²) in [6, 6.07) is 2.03. The number of rotatable bonds is 17. The zero-order chi connectivity index (χ0) is 30.6. The van der Waals surface area contributed by atoms with Gasteiger partial charge in [-0.2, -0.15) is 0 Å². The molecule has 0 aliphatic carbocycles. The topological polar surface area (TPSA) is 258 Å². The minimum Gasteiger partial charge on any atom is -0.481 e. The van der Waals surface area contributed by atoms with Crippen molar-refractivity contribution in [3.05, 3.63) is 54.2 Å². The van der Waals surface area contributed by atoms with Crippen molar-refractivity contribution in [2.24, 2.45) is 11.5 Å². The Morgan fingerprint density at radius 1 is 0.881 bits per heavy atom. The third-order valence-electron chi connectivity index (χ3n) is 6.64. The first-order chi connectivity index (χ1) is 20.1. The van der Waals surface area contributed by atoms with E-state index < -0.39 is 60.2 Å². The SMILES string of the molecule is NCCCCC(N)C(=O)NC(CC(=O)O)C(=O)NC(Cc1c[nH]c2ccccc12)C(=O)NC(Cc1cnc[nH]1)C(=O)O. The normalized spacial score (nSPS) is 14.0. The fraction of sp³-hybridized carbons (Fsp3) is 0.407. The maximum atomic E-state index is 13.4. The van der Waals surface area contributed by atoms with Crippen LogP contribution in [0.5, 0.6) is 0 Å². The van der Waals surface area contributed by atoms with Crippen LogP contribution in [0.15, 0.2) is 43.0 Å². The third kappa shape index (κ3) is 9.14. The first-order valence-corrected chi connectivity index (χ1v) is 13.4. The number of carbonyl (C=O) groups excluding carboxylic acids is 3. The molecular weight excluding hydrogens is 548 g/mol. The number of H-pyrrole nitrogens is 2. The Hall–Kier alpha value is -4.76. The fourth-order valence-corrected chi connectivity index (χ4v) is 4.39. The second-order valence-corrected chi connectivity index (χ2v) is 9.86. The van der Waals surface area contributed by atoms with Crippen LogP contribution in [-0.2, 0) is 36.8 Å². The molecule has 3 rings (SSSR count). The Morgan fingerprint density at radius 3 is 2.24 bits per heavy atom. The minimum absolute atomic E-state index is 0.0652. The van der Waals surface area contributed by atoms with E-state index in [0.29, 0.717) is 30.6 Å². The third-order valence-corrected chi connectivity index (χ3v) is 6.64. The molecule has 42 heavy (non-hydrogen) atoms. The zero-order valence-electron chi connectivity index (χ0n) is 22.8. The van der Waals surface area contributed by atoms with Gasteiger partial charge in [0.25, 0.3) is 0 Å². The van der Waals surface area contributed by atoms with E-state index in [9.17, 15) is 34.2 Å². The molecule has 0 bridgehead atoms. The summed E-state index contributed by atoms with van der Waals surface area (Å²) in [6.07, 6.45) is 5.00. The van der Waals surface area contributed by atoms with Crippen molar-refractivity contribution in [1.82, 2.24) is 30.9 Å². The molecule has 0 aliphatic heterocycles. The molecule has 0 aliphatic rings. The lowest BCUT2D eigenvalue weighted by Crippen LogP contribution is -2.58. The van der Waals surface area contributed by atoms with Gasteiger partial charge in [-0.25, -0.2) is 9.78 Å². The number of fused-ring (bicyclic) bond motifs is 1. The van der Waals surface area contributed by atoms with Gasteiger partial charge in [0.2, 0.25) is 17.7 Å². The molecule has 0 spiro atoms. The summed E-state index contributed by atoms with van der Waals surface area (Å²) in [6.45, 7) is 0.420. The molecule has 11 N–H and O–H groups in total. The number of nitrogens with one attached hydrogen (secondary N) is 5. The van der Waals surface area contributed by atoms with Crippen LogP contribution in [-0.4, -0.2) is 85.5 Å². The Labute approximate surface area is 240 Å². The lowest BCUT2D eigenvalue weighted by atomic mass is 10.0. The molecular formula is C27H36N8O7. The number of unbranched alkanes of at least 4 members (excludes halogenated alkanes) is 1. The predicted molar refractivity (Wildman–Crippen MR) is 151 cm³/mol. The molecule has 3 aromatic rings. The van der Waals surface area contributed by atoms with Crippen LogP contribution in [0.1, 0.15) is 36.9 Å². The second-order valence-electron chi connectivity index (χ2n) is 9.86. The molecule has 3 amide bonds. The van der Waals surface area contributed by atoms with Gasteiger partial charge in [-0.3, -0.25) is 19.2 Å². The van der Waals surface area contributed by atoms with E-state index in [0.717, 1.165) is 10.9 Å². The monoisotopic (exact) mass is 584 g/mol. The van der Waals surface area contributed by atoms with Crippen molar-refractivity contribution in [2.75, 3.05) is 6.54 Å². The fourth-order valence-electron chi connectivity index (χ4n) is 4.39. The zero-order valence-corrected chi connectivity index (χ0v) is 22.8. The number of hydrogen-bond donors (Lipinski definition) is 9. The van der Waals surface area contributed by atoms with Crippen LogP contribution in [0.4, 0.5) is 0 Å². The molecule has 0 radical (unpaired) electrons. The minimum atomic E-state index is -1.55. The van der Waals surface area contributed by atoms with Crippen LogP contribution >= 0.6 is 0 Å². The van der Waals surface area contributed by atoms with Gasteiger partial charge in [-0.15, -0.1) is 0 Å². The summed E-state index contributed by atoms with van der Waals surface area (Å²) in [5, 5.41) is 27.2. The summed E-state index contributed by atoms with van der Waals surface area (Å²) >= 11 is 0. The molecule has 2 aromatic heterocycles. The van der Waals surface area contributed by atoms with E-state index in [-0.39, 0.29) is 19.3 Å². The second kappa shape index (κ2) is 15.3. The van der Waals surface area contributed by atoms with Gasteiger partial charge in [0.1, 0.15) is 18.1 Å². The highest BCUT2D eigenvalue weighted by Gasteiger charge is 2.32. The standard InChI is InChI=1S/C27H36N8O7/c28-8-4-3-6-18(29)24(38)33-21(11-23(36)37)26(40)34-20(9-15-12-31-19-7-2-1-5-17(15)19)25(39)35-22(27(41)42)10-16-13-30-14-32-16/h1-2,5,7,12-14,18,20-22,31H,3-4,6,8-11,28-29H2,(H,30,32)(H,33,38)(H,34,40)(H,35,39)(H,36,37)(H,41,42). The highest BCUT2D eigenvalue weighted by Crippen LogP contribution is 2.19. The largest absolute Gasteiger partial charge is 0.481 e. The summed E-state index contributed by atoms with van der Waals surface area (Å²) < 4.78 is 0. The summed E-state index contributed by atoms with van der Waals surface area (Å²) in [5.74, 6) is -5.17. The molecule has 0 fully saturated rings. The van der Waals surface area contributed by atoms with Gasteiger partial charge in [-0.05, 0) is 31.0 Å². The van der Waals surface area contributed by atoms with Crippen molar-refractivity contribution in [2.45, 2.75) is 62.7 Å². The summed E-state index contributed by atoms with van der Waals surface area (Å²) in [7, 11) is 0. The Kier molecular flexibility index (Phi) is 11.6. The number of nitrogens with two attached hydrogens (primary N) is 2. The average molecular weight is 585 g/mol. The number of hydrogen-bond acceptors (Lipinski definition) is 8. The van der Waals surface area contributed by atoms with Crippen molar-refractivity contribution >= 4 is 40.6 Å². The van der Waals surface area contributed by atoms with Crippen molar-refractivity contribution in [3.63, 3.8) is 0 Å². The molecule has 0 saturated heterocycles. The predicted octanol–water partition coefficient (Wildman–Crippen LogP) is -0.854. The number of amides is 3. The van der Waals surface area contributed by atoms with E-state index in [2.05, 4.69) is 30.9 Å². The number of aromatic nitrogens is 3. The molecule has 226 valence electrons. The number of para-hydroxylation sites is 1. The first-order valence-electron chi connectivity index (χ1n) is 13.4. The smallest absolute Gasteiger partial charge is 0.326 e. The molecule has 4 atom stereocenters. The van der Waals surface area contributed by atoms with Crippen molar-refractivity contribution in [3.8, 4) is 0 Å². The quantitative estimate of drug-likeness (QED) is 0.0887. The number of imidazole rings is 1. The van der Waals surface area contributed by atoms with Gasteiger partial charge in [0, 0.05) is 41.8 Å². The van der Waals surface area contributed by atoms with Gasteiger partial charge >= 0.3 is 11.9 Å². The van der Waals surface area contributed by atoms with Gasteiger partial charge in [0.05, 0.1) is 18.8 Å². The Balaban J connectivity index is 1.82. The molecule has 15 nitrogen and oxygen atoms in total. The highest BCUT2D eigenvalue weighted by molar-refractivity contribution is 5.96. The van der Waals surface area contributed by atoms with E-state index >= 15 is 0 Å². The van der Waals surface area contributed by atoms with E-state index in [1.54, 1.807) is 12.3 Å². The maximum Gasteiger partial charge on any atom is 0.326 e. The lowest BCUT2D eigenvalue weighted by Gasteiger charge is -2.24. The van der Waals surface area contributed by atoms with Crippen LogP contribution in [0.25, 0.3) is 10.9 Å². The van der Waals surface area contributed by atoms with E-state index in [1.165, 1.54) is 12.5 Å². The summed E-state index contributed by atoms with van der Waals surface area (Å²) in [4.78, 5) is 72.6. The van der Waals surface area contributed by atoms with Crippen LogP contribution in [0.2, 0.25) is 0 Å². The van der Waals surface area contributed by atoms with Gasteiger partial charge in [0.15, 0.2) is 0 Å². The van der Waals surface area contributed by atoms with E-state index in [4.69, 9.17) is 11.5 Å². The first kappa shape index (κ1) is 31.8. The number of carbonyl (C=O) groups is 5. The molecule has 4 unspecified atom stereocenters. The van der Waals surface area contributed by atoms with Crippen LogP contribution in [0.3, 0.4) is 0 Å². The number of carboxylic acids is 2. The Morgan fingerprint density at radius 2 is 1.57 bits per heavy atom. The van der Waals surface area contributed by atoms with E-state index in [1.807, 2.05) is 18.2 Å². The number of aromatic amines is 2. The molecule has 1 aromatic carbocycles. The maximum absolute atomic E-state index is 13.4. The Bertz CT molecular complexity index is 1370. The molecule has 2 heterocycles. The molecule has 15 heteroatoms.